The summed E-state index contributed by atoms with van der Waals surface area (Å²) in [5, 5.41) is 1.23. The van der Waals surface area contributed by atoms with Gasteiger partial charge in [0.2, 0.25) is 5.91 Å². The Morgan fingerprint density at radius 3 is 3.10 bits per heavy atom. The molecular weight excluding hydrogens is 270 g/mol. The van der Waals surface area contributed by atoms with Gasteiger partial charge in [0.15, 0.2) is 0 Å². The van der Waals surface area contributed by atoms with Crippen LogP contribution in [0.1, 0.15) is 30.2 Å². The molecule has 2 N–H and O–H groups in total. The molecule has 0 radical (unpaired) electrons. The third-order valence-corrected chi connectivity index (χ3v) is 5.04. The summed E-state index contributed by atoms with van der Waals surface area (Å²) < 4.78 is 1.26. The van der Waals surface area contributed by atoms with Crippen LogP contribution in [0.25, 0.3) is 10.2 Å². The Bertz CT molecular complexity index is 577. The van der Waals surface area contributed by atoms with E-state index in [0.717, 1.165) is 25.2 Å². The fraction of sp³-hybridized carbons (Fsp3) is 0.467. The van der Waals surface area contributed by atoms with Crippen LogP contribution in [0.5, 0.6) is 0 Å². The highest BCUT2D eigenvalue weighted by atomic mass is 32.1. The molecule has 2 aromatic rings. The Hall–Kier alpha value is -1.46. The number of piperidine rings is 1. The number of hydrogen-bond acceptors (Lipinski definition) is 4. The molecule has 2 heterocycles. The van der Waals surface area contributed by atoms with Crippen LogP contribution in [0.4, 0.5) is 0 Å². The monoisotopic (exact) mass is 289 g/mol. The fourth-order valence-corrected chi connectivity index (χ4v) is 3.89. The zero-order valence-corrected chi connectivity index (χ0v) is 12.2. The number of fused-ring (bicyclic) bond motifs is 1. The molecule has 1 aliphatic heterocycles. The number of carbonyl (C=O) groups is 1. The topological polar surface area (TPSA) is 59.2 Å². The van der Waals surface area contributed by atoms with E-state index in [1.54, 1.807) is 11.3 Å². The maximum absolute atomic E-state index is 10.9. The Morgan fingerprint density at radius 2 is 2.30 bits per heavy atom. The van der Waals surface area contributed by atoms with Crippen LogP contribution >= 0.6 is 11.3 Å². The first-order valence-electron chi connectivity index (χ1n) is 7.08. The number of amides is 1. The van der Waals surface area contributed by atoms with Gasteiger partial charge in [0.25, 0.3) is 0 Å². The van der Waals surface area contributed by atoms with Gasteiger partial charge in [-0.25, -0.2) is 4.98 Å². The first-order valence-corrected chi connectivity index (χ1v) is 7.90. The van der Waals surface area contributed by atoms with Crippen LogP contribution in [0, 0.1) is 0 Å². The Kier molecular flexibility index (Phi) is 3.98. The molecule has 4 nitrogen and oxygen atoms in total. The average Bonchev–Trinajstić information content (AvgIpc) is 2.89. The second-order valence-corrected chi connectivity index (χ2v) is 6.44. The summed E-state index contributed by atoms with van der Waals surface area (Å²) in [6.07, 6.45) is 2.80. The molecule has 3 rings (SSSR count). The van der Waals surface area contributed by atoms with E-state index < -0.39 is 0 Å². The number of aromatic nitrogens is 1. The molecule has 1 atom stereocenters. The van der Waals surface area contributed by atoms with E-state index in [9.17, 15) is 4.79 Å². The van der Waals surface area contributed by atoms with Gasteiger partial charge in [0.05, 0.1) is 15.2 Å². The minimum absolute atomic E-state index is 0.216. The highest BCUT2D eigenvalue weighted by molar-refractivity contribution is 7.18. The van der Waals surface area contributed by atoms with Gasteiger partial charge >= 0.3 is 0 Å². The largest absolute Gasteiger partial charge is 0.370 e. The van der Waals surface area contributed by atoms with Crippen LogP contribution in [0.2, 0.25) is 0 Å². The smallest absolute Gasteiger partial charge is 0.218 e. The minimum Gasteiger partial charge on any atom is -0.370 e. The maximum Gasteiger partial charge on any atom is 0.218 e. The molecule has 5 heteroatoms. The van der Waals surface area contributed by atoms with Gasteiger partial charge in [-0.15, -0.1) is 11.3 Å². The quantitative estimate of drug-likeness (QED) is 0.940. The molecule has 0 saturated carbocycles. The van der Waals surface area contributed by atoms with Gasteiger partial charge in [-0.3, -0.25) is 4.79 Å². The number of nitrogens with two attached hydrogens (primary N) is 1. The number of likely N-dealkylation sites (tertiary alicyclic amines) is 1. The number of primary amides is 1. The van der Waals surface area contributed by atoms with Crippen molar-refractivity contribution in [1.82, 2.24) is 9.88 Å². The van der Waals surface area contributed by atoms with Gasteiger partial charge in [-0.05, 0) is 31.5 Å². The first-order chi connectivity index (χ1) is 9.72. The molecule has 0 unspecified atom stereocenters. The lowest BCUT2D eigenvalue weighted by molar-refractivity contribution is -0.118. The zero-order valence-electron chi connectivity index (χ0n) is 11.4. The van der Waals surface area contributed by atoms with Crippen molar-refractivity contribution in [2.75, 3.05) is 19.6 Å². The first kappa shape index (κ1) is 13.5. The van der Waals surface area contributed by atoms with Crippen molar-refractivity contribution in [2.24, 2.45) is 5.73 Å². The van der Waals surface area contributed by atoms with Crippen molar-refractivity contribution >= 4 is 27.5 Å². The van der Waals surface area contributed by atoms with Crippen LogP contribution in [-0.4, -0.2) is 35.4 Å². The maximum atomic E-state index is 10.9. The highest BCUT2D eigenvalue weighted by Crippen LogP contribution is 2.32. The summed E-state index contributed by atoms with van der Waals surface area (Å²) in [6, 6.07) is 8.30. The lowest BCUT2D eigenvalue weighted by atomic mass is 9.98. The number of benzene rings is 1. The van der Waals surface area contributed by atoms with Crippen LogP contribution < -0.4 is 5.73 Å². The van der Waals surface area contributed by atoms with Gasteiger partial charge in [0.1, 0.15) is 0 Å². The van der Waals surface area contributed by atoms with E-state index in [0.29, 0.717) is 12.3 Å². The average molecular weight is 289 g/mol. The zero-order chi connectivity index (χ0) is 13.9. The molecule has 1 saturated heterocycles. The molecule has 0 bridgehead atoms. The number of rotatable bonds is 4. The van der Waals surface area contributed by atoms with E-state index in [4.69, 9.17) is 10.7 Å². The number of thiazole rings is 1. The third-order valence-electron chi connectivity index (χ3n) is 3.84. The van der Waals surface area contributed by atoms with Crippen molar-refractivity contribution in [3.8, 4) is 0 Å². The molecule has 1 amide bonds. The molecule has 1 aliphatic rings. The predicted octanol–water partition coefficient (Wildman–Crippen LogP) is 2.35. The normalized spacial score (nSPS) is 20.3. The van der Waals surface area contributed by atoms with Crippen LogP contribution in [0.15, 0.2) is 24.3 Å². The summed E-state index contributed by atoms with van der Waals surface area (Å²) >= 11 is 1.80. The van der Waals surface area contributed by atoms with E-state index in [1.165, 1.54) is 22.5 Å². The van der Waals surface area contributed by atoms with Crippen molar-refractivity contribution < 1.29 is 4.79 Å². The molecule has 0 spiro atoms. The van der Waals surface area contributed by atoms with E-state index in [1.807, 2.05) is 6.07 Å². The highest BCUT2D eigenvalue weighted by Gasteiger charge is 2.24. The Balaban J connectivity index is 1.71. The number of hydrogen-bond donors (Lipinski definition) is 1. The van der Waals surface area contributed by atoms with Gasteiger partial charge < -0.3 is 10.6 Å². The van der Waals surface area contributed by atoms with E-state index in [2.05, 4.69) is 23.1 Å². The second kappa shape index (κ2) is 5.89. The lowest BCUT2D eigenvalue weighted by Crippen LogP contribution is -2.36. The summed E-state index contributed by atoms with van der Waals surface area (Å²) in [5.74, 6) is 0.279. The van der Waals surface area contributed by atoms with E-state index in [-0.39, 0.29) is 5.91 Å². The van der Waals surface area contributed by atoms with Gasteiger partial charge in [-0.2, -0.15) is 0 Å². The summed E-state index contributed by atoms with van der Waals surface area (Å²) in [5.41, 5.74) is 6.33. The second-order valence-electron chi connectivity index (χ2n) is 5.38. The van der Waals surface area contributed by atoms with Crippen molar-refractivity contribution in [1.29, 1.82) is 0 Å². The van der Waals surface area contributed by atoms with Crippen molar-refractivity contribution in [3.05, 3.63) is 29.3 Å². The van der Waals surface area contributed by atoms with Gasteiger partial charge in [0, 0.05) is 25.4 Å². The molecule has 106 valence electrons. The fourth-order valence-electron chi connectivity index (χ4n) is 2.79. The predicted molar refractivity (Wildman–Crippen MR) is 81.8 cm³/mol. The molecule has 0 aliphatic carbocycles. The van der Waals surface area contributed by atoms with Crippen molar-refractivity contribution in [3.63, 3.8) is 0 Å². The SMILES string of the molecule is NC(=O)CCN1CCC[C@@H](c2nc3ccccc3s2)C1. The summed E-state index contributed by atoms with van der Waals surface area (Å²) in [6.45, 7) is 2.83. The summed E-state index contributed by atoms with van der Waals surface area (Å²) in [4.78, 5) is 18.0. The minimum atomic E-state index is -0.216. The summed E-state index contributed by atoms with van der Waals surface area (Å²) in [7, 11) is 0. The van der Waals surface area contributed by atoms with Crippen molar-refractivity contribution in [2.45, 2.75) is 25.2 Å². The molecule has 1 aromatic carbocycles. The number of carbonyl (C=O) groups excluding carboxylic acids is 1. The Morgan fingerprint density at radius 1 is 1.45 bits per heavy atom. The van der Waals surface area contributed by atoms with Crippen LogP contribution in [0.3, 0.4) is 0 Å². The number of para-hydroxylation sites is 1. The lowest BCUT2D eigenvalue weighted by Gasteiger charge is -2.31. The Labute approximate surface area is 122 Å². The standard InChI is InChI=1S/C15H19N3OS/c16-14(19)7-9-18-8-3-4-11(10-18)15-17-12-5-1-2-6-13(12)20-15/h1-2,5-6,11H,3-4,7-10H2,(H2,16,19)/t11-/m1/s1. The molecular formula is C15H19N3OS. The molecule has 1 fully saturated rings. The van der Waals surface area contributed by atoms with E-state index >= 15 is 0 Å². The number of nitrogens with zero attached hydrogens (tertiary/aromatic N) is 2. The third kappa shape index (κ3) is 2.99. The van der Waals surface area contributed by atoms with Crippen LogP contribution in [-0.2, 0) is 4.79 Å². The van der Waals surface area contributed by atoms with Gasteiger partial charge in [-0.1, -0.05) is 12.1 Å². The molecule has 1 aromatic heterocycles. The molecule has 20 heavy (non-hydrogen) atoms.